The number of nitrogens with zero attached hydrogens (tertiary/aromatic N) is 2. The summed E-state index contributed by atoms with van der Waals surface area (Å²) in [5.74, 6) is -0.0865. The molecule has 5 nitrogen and oxygen atoms in total. The lowest BCUT2D eigenvalue weighted by Crippen LogP contribution is -2.34. The Morgan fingerprint density at radius 1 is 1.00 bits per heavy atom. The second-order valence-corrected chi connectivity index (χ2v) is 8.42. The Bertz CT molecular complexity index is 1290. The SMILES string of the molecule is CN(CCNC(=O)/C=C/c1ccc2ccccc2c1)CCNc1ccnc2cc(Cl)ccc12. The fraction of sp³-hybridized carbons (Fsp3) is 0.185. The van der Waals surface area contributed by atoms with Crippen molar-refractivity contribution < 1.29 is 4.79 Å². The van der Waals surface area contributed by atoms with E-state index in [1.807, 2.05) is 55.6 Å². The molecule has 0 aliphatic rings. The van der Waals surface area contributed by atoms with Gasteiger partial charge >= 0.3 is 0 Å². The molecule has 0 unspecified atom stereocenters. The number of rotatable bonds is 9. The van der Waals surface area contributed by atoms with E-state index >= 15 is 0 Å². The molecule has 0 aliphatic heterocycles. The van der Waals surface area contributed by atoms with Gasteiger partial charge in [-0.1, -0.05) is 48.0 Å². The molecule has 1 heterocycles. The molecule has 0 atom stereocenters. The highest BCUT2D eigenvalue weighted by atomic mass is 35.5. The van der Waals surface area contributed by atoms with Gasteiger partial charge in [0.25, 0.3) is 0 Å². The smallest absolute Gasteiger partial charge is 0.244 e. The number of carbonyl (C=O) groups excluding carboxylic acids is 1. The third-order valence-corrected chi connectivity index (χ3v) is 5.74. The van der Waals surface area contributed by atoms with Crippen LogP contribution in [0.3, 0.4) is 0 Å². The molecule has 0 spiro atoms. The molecule has 33 heavy (non-hydrogen) atoms. The summed E-state index contributed by atoms with van der Waals surface area (Å²) >= 11 is 6.06. The summed E-state index contributed by atoms with van der Waals surface area (Å²) in [4.78, 5) is 18.7. The zero-order chi connectivity index (χ0) is 23.0. The Morgan fingerprint density at radius 3 is 2.70 bits per heavy atom. The normalized spacial score (nSPS) is 11.5. The number of halogens is 1. The summed E-state index contributed by atoms with van der Waals surface area (Å²) in [7, 11) is 2.04. The summed E-state index contributed by atoms with van der Waals surface area (Å²) < 4.78 is 0. The molecule has 168 valence electrons. The minimum absolute atomic E-state index is 0.0865. The standard InChI is InChI=1S/C27H27ClN4O/c1-32(16-14-30-25-12-13-29-26-19-23(28)9-10-24(25)26)17-15-31-27(33)11-7-20-6-8-21-4-2-3-5-22(21)18-20/h2-13,18-19H,14-17H2,1H3,(H,29,30)(H,31,33)/b11-7+. The Kier molecular flexibility index (Phi) is 7.55. The second-order valence-electron chi connectivity index (χ2n) is 7.98. The molecule has 6 heteroatoms. The molecule has 0 saturated heterocycles. The molecule has 0 fully saturated rings. The first-order valence-electron chi connectivity index (χ1n) is 11.0. The van der Waals surface area contributed by atoms with Crippen LogP contribution in [0, 0.1) is 0 Å². The number of amides is 1. The van der Waals surface area contributed by atoms with Crippen LogP contribution in [0.2, 0.25) is 5.02 Å². The lowest BCUT2D eigenvalue weighted by molar-refractivity contribution is -0.116. The average molecular weight is 459 g/mol. The lowest BCUT2D eigenvalue weighted by atomic mass is 10.1. The van der Waals surface area contributed by atoms with Gasteiger partial charge in [0.1, 0.15) is 0 Å². The molecule has 0 radical (unpaired) electrons. The van der Waals surface area contributed by atoms with Crippen molar-refractivity contribution in [3.05, 3.63) is 89.6 Å². The molecular weight excluding hydrogens is 432 g/mol. The number of aromatic nitrogens is 1. The maximum absolute atomic E-state index is 12.2. The minimum Gasteiger partial charge on any atom is -0.383 e. The molecule has 0 bridgehead atoms. The summed E-state index contributed by atoms with van der Waals surface area (Å²) in [6.45, 7) is 2.99. The van der Waals surface area contributed by atoms with E-state index in [0.717, 1.165) is 41.8 Å². The first-order valence-corrected chi connectivity index (χ1v) is 11.4. The van der Waals surface area contributed by atoms with E-state index in [-0.39, 0.29) is 5.91 Å². The van der Waals surface area contributed by atoms with Crippen LogP contribution in [0.15, 0.2) is 79.0 Å². The van der Waals surface area contributed by atoms with E-state index < -0.39 is 0 Å². The average Bonchev–Trinajstić information content (AvgIpc) is 2.82. The second kappa shape index (κ2) is 10.9. The van der Waals surface area contributed by atoms with Gasteiger partial charge in [0.05, 0.1) is 5.52 Å². The van der Waals surface area contributed by atoms with Crippen molar-refractivity contribution in [1.82, 2.24) is 15.2 Å². The molecule has 1 amide bonds. The van der Waals surface area contributed by atoms with E-state index in [1.54, 1.807) is 12.3 Å². The van der Waals surface area contributed by atoms with E-state index in [1.165, 1.54) is 10.8 Å². The summed E-state index contributed by atoms with van der Waals surface area (Å²) in [6.07, 6.45) is 5.22. The third kappa shape index (κ3) is 6.31. The lowest BCUT2D eigenvalue weighted by Gasteiger charge is -2.18. The van der Waals surface area contributed by atoms with Gasteiger partial charge in [-0.05, 0) is 59.8 Å². The number of benzene rings is 3. The van der Waals surface area contributed by atoms with Crippen molar-refractivity contribution in [2.45, 2.75) is 0 Å². The van der Waals surface area contributed by atoms with Crippen molar-refractivity contribution in [3.63, 3.8) is 0 Å². The monoisotopic (exact) mass is 458 g/mol. The first kappa shape index (κ1) is 22.8. The van der Waals surface area contributed by atoms with E-state index in [9.17, 15) is 4.79 Å². The molecule has 2 N–H and O–H groups in total. The predicted octanol–water partition coefficient (Wildman–Crippen LogP) is 5.21. The highest BCUT2D eigenvalue weighted by molar-refractivity contribution is 6.31. The largest absolute Gasteiger partial charge is 0.383 e. The van der Waals surface area contributed by atoms with Crippen molar-refractivity contribution in [2.24, 2.45) is 0 Å². The molecule has 4 aromatic rings. The molecule has 4 rings (SSSR count). The number of hydrogen-bond acceptors (Lipinski definition) is 4. The minimum atomic E-state index is -0.0865. The van der Waals surface area contributed by atoms with Gasteiger partial charge in [-0.25, -0.2) is 0 Å². The molecule has 0 aliphatic carbocycles. The Morgan fingerprint density at radius 2 is 1.82 bits per heavy atom. The molecular formula is C27H27ClN4O. The predicted molar refractivity (Wildman–Crippen MR) is 139 cm³/mol. The van der Waals surface area contributed by atoms with Crippen LogP contribution in [-0.2, 0) is 4.79 Å². The number of pyridine rings is 1. The van der Waals surface area contributed by atoms with E-state index in [2.05, 4.69) is 44.8 Å². The third-order valence-electron chi connectivity index (χ3n) is 5.51. The number of nitrogens with one attached hydrogen (secondary N) is 2. The summed E-state index contributed by atoms with van der Waals surface area (Å²) in [5, 5.41) is 10.5. The highest BCUT2D eigenvalue weighted by Gasteiger charge is 2.04. The maximum atomic E-state index is 12.2. The van der Waals surface area contributed by atoms with E-state index in [4.69, 9.17) is 11.6 Å². The fourth-order valence-corrected chi connectivity index (χ4v) is 3.85. The Labute approximate surface area is 199 Å². The zero-order valence-corrected chi connectivity index (χ0v) is 19.3. The Hall–Kier alpha value is -3.41. The van der Waals surface area contributed by atoms with E-state index in [0.29, 0.717) is 11.6 Å². The number of hydrogen-bond donors (Lipinski definition) is 2. The number of fused-ring (bicyclic) bond motifs is 2. The fourth-order valence-electron chi connectivity index (χ4n) is 3.68. The van der Waals surface area contributed by atoms with Gasteiger partial charge in [0.15, 0.2) is 0 Å². The van der Waals surface area contributed by atoms with Crippen LogP contribution in [0.1, 0.15) is 5.56 Å². The molecule has 0 saturated carbocycles. The molecule has 3 aromatic carbocycles. The quantitative estimate of drug-likeness (QED) is 0.338. The van der Waals surface area contributed by atoms with Gasteiger partial charge < -0.3 is 15.5 Å². The maximum Gasteiger partial charge on any atom is 0.244 e. The summed E-state index contributed by atoms with van der Waals surface area (Å²) in [5.41, 5.74) is 2.93. The van der Waals surface area contributed by atoms with Crippen LogP contribution in [0.4, 0.5) is 5.69 Å². The van der Waals surface area contributed by atoms with Crippen LogP contribution in [-0.4, -0.2) is 49.0 Å². The van der Waals surface area contributed by atoms with Crippen LogP contribution in [0.5, 0.6) is 0 Å². The van der Waals surface area contributed by atoms with Gasteiger partial charge in [0.2, 0.25) is 5.91 Å². The van der Waals surface area contributed by atoms with Gasteiger partial charge in [-0.2, -0.15) is 0 Å². The first-order chi connectivity index (χ1) is 16.1. The van der Waals surface area contributed by atoms with Gasteiger partial charge in [0, 0.05) is 54.5 Å². The summed E-state index contributed by atoms with van der Waals surface area (Å²) in [6, 6.07) is 22.1. The van der Waals surface area contributed by atoms with Crippen molar-refractivity contribution in [2.75, 3.05) is 38.5 Å². The van der Waals surface area contributed by atoms with Crippen molar-refractivity contribution in [1.29, 1.82) is 0 Å². The number of carbonyl (C=O) groups is 1. The Balaban J connectivity index is 1.19. The van der Waals surface area contributed by atoms with Gasteiger partial charge in [-0.3, -0.25) is 9.78 Å². The van der Waals surface area contributed by atoms with Crippen LogP contribution < -0.4 is 10.6 Å². The van der Waals surface area contributed by atoms with Crippen LogP contribution >= 0.6 is 11.6 Å². The topological polar surface area (TPSA) is 57.3 Å². The number of anilines is 1. The van der Waals surface area contributed by atoms with Crippen molar-refractivity contribution >= 4 is 50.9 Å². The molecule has 1 aromatic heterocycles. The van der Waals surface area contributed by atoms with Crippen molar-refractivity contribution in [3.8, 4) is 0 Å². The number of likely N-dealkylation sites (N-methyl/N-ethyl adjacent to an activating group) is 1. The highest BCUT2D eigenvalue weighted by Crippen LogP contribution is 2.24. The van der Waals surface area contributed by atoms with Crippen LogP contribution in [0.25, 0.3) is 27.8 Å². The zero-order valence-electron chi connectivity index (χ0n) is 18.6. The van der Waals surface area contributed by atoms with Gasteiger partial charge in [-0.15, -0.1) is 0 Å².